The molecular weight excluding hydrogens is 264 g/mol. The molecule has 80 valence electrons. The van der Waals surface area contributed by atoms with Gasteiger partial charge in [-0.25, -0.2) is 0 Å². The molecule has 0 atom stereocenters. The van der Waals surface area contributed by atoms with Gasteiger partial charge in [0.1, 0.15) is 5.56 Å². The minimum Gasteiger partial charge on any atom is -0.345 e. The van der Waals surface area contributed by atoms with Crippen molar-refractivity contribution in [1.82, 2.24) is 4.90 Å². The zero-order chi connectivity index (χ0) is 11.6. The molecule has 0 spiro atoms. The maximum atomic E-state index is 11.6. The summed E-state index contributed by atoms with van der Waals surface area (Å²) in [6.45, 7) is 0. The lowest BCUT2D eigenvalue weighted by Crippen LogP contribution is -2.22. The first-order valence-electron chi connectivity index (χ1n) is 4.09. The Morgan fingerprint density at radius 1 is 1.47 bits per heavy atom. The Kier molecular flexibility index (Phi) is 3.41. The number of carbonyl (C=O) groups excluding carboxylic acids is 1. The molecule has 5 nitrogen and oxygen atoms in total. The van der Waals surface area contributed by atoms with Gasteiger partial charge in [-0.1, -0.05) is 15.9 Å². The average molecular weight is 273 g/mol. The molecule has 15 heavy (non-hydrogen) atoms. The number of hydrogen-bond acceptors (Lipinski definition) is 3. The first-order valence-corrected chi connectivity index (χ1v) is 4.88. The van der Waals surface area contributed by atoms with Crippen LogP contribution in [0, 0.1) is 10.1 Å². The lowest BCUT2D eigenvalue weighted by atomic mass is 10.1. The summed E-state index contributed by atoms with van der Waals surface area (Å²) >= 11 is 3.12. The molecule has 0 saturated carbocycles. The fourth-order valence-corrected chi connectivity index (χ4v) is 1.43. The van der Waals surface area contributed by atoms with Crippen molar-refractivity contribution in [2.45, 2.75) is 0 Å². The van der Waals surface area contributed by atoms with Gasteiger partial charge in [-0.05, 0) is 12.1 Å². The molecule has 0 saturated heterocycles. The second-order valence-electron chi connectivity index (χ2n) is 3.12. The Labute approximate surface area is 95.0 Å². The molecule has 1 aromatic carbocycles. The SMILES string of the molecule is CN(C)C(=O)c1ccc(Br)cc1[N+](=O)[O-]. The first-order chi connectivity index (χ1) is 6.93. The smallest absolute Gasteiger partial charge is 0.283 e. The molecule has 0 aliphatic rings. The number of nitro benzene ring substituents is 1. The van der Waals surface area contributed by atoms with E-state index < -0.39 is 4.92 Å². The van der Waals surface area contributed by atoms with E-state index in [2.05, 4.69) is 15.9 Å². The summed E-state index contributed by atoms with van der Waals surface area (Å²) in [7, 11) is 3.10. The molecule has 0 aliphatic heterocycles. The standard InChI is InChI=1S/C9H9BrN2O3/c1-11(2)9(13)7-4-3-6(10)5-8(7)12(14)15/h3-5H,1-2H3. The third-order valence-corrected chi connectivity index (χ3v) is 2.29. The molecule has 0 heterocycles. The number of amides is 1. The summed E-state index contributed by atoms with van der Waals surface area (Å²) in [6.07, 6.45) is 0. The number of benzene rings is 1. The maximum absolute atomic E-state index is 11.6. The molecule has 0 radical (unpaired) electrons. The highest BCUT2D eigenvalue weighted by Crippen LogP contribution is 2.24. The summed E-state index contributed by atoms with van der Waals surface area (Å²) in [6, 6.07) is 4.35. The van der Waals surface area contributed by atoms with E-state index >= 15 is 0 Å². The largest absolute Gasteiger partial charge is 0.345 e. The molecule has 0 unspecified atom stereocenters. The first kappa shape index (κ1) is 11.6. The van der Waals surface area contributed by atoms with Gasteiger partial charge in [-0.3, -0.25) is 14.9 Å². The molecule has 1 aromatic rings. The van der Waals surface area contributed by atoms with Crippen molar-refractivity contribution >= 4 is 27.5 Å². The molecule has 1 amide bonds. The second kappa shape index (κ2) is 4.39. The quantitative estimate of drug-likeness (QED) is 0.612. The summed E-state index contributed by atoms with van der Waals surface area (Å²) in [5.41, 5.74) is -0.101. The monoisotopic (exact) mass is 272 g/mol. The molecule has 0 aromatic heterocycles. The van der Waals surface area contributed by atoms with Crippen molar-refractivity contribution < 1.29 is 9.72 Å². The van der Waals surface area contributed by atoms with Crippen molar-refractivity contribution in [2.24, 2.45) is 0 Å². The second-order valence-corrected chi connectivity index (χ2v) is 4.03. The van der Waals surface area contributed by atoms with Crippen molar-refractivity contribution in [3.05, 3.63) is 38.3 Å². The van der Waals surface area contributed by atoms with Gasteiger partial charge < -0.3 is 4.90 Å². The van der Waals surface area contributed by atoms with Crippen molar-refractivity contribution in [1.29, 1.82) is 0 Å². The third kappa shape index (κ3) is 2.53. The van der Waals surface area contributed by atoms with E-state index in [1.807, 2.05) is 0 Å². The summed E-state index contributed by atoms with van der Waals surface area (Å²) < 4.78 is 0.574. The van der Waals surface area contributed by atoms with Crippen LogP contribution in [0.1, 0.15) is 10.4 Å². The normalized spacial score (nSPS) is 9.80. The number of carbonyl (C=O) groups is 1. The highest BCUT2D eigenvalue weighted by molar-refractivity contribution is 9.10. The Morgan fingerprint density at radius 3 is 2.53 bits per heavy atom. The van der Waals surface area contributed by atoms with Crippen LogP contribution in [0.3, 0.4) is 0 Å². The summed E-state index contributed by atoms with van der Waals surface area (Å²) in [5, 5.41) is 10.7. The van der Waals surface area contributed by atoms with Crippen LogP contribution in [0.4, 0.5) is 5.69 Å². The van der Waals surface area contributed by atoms with Crippen LogP contribution in [-0.4, -0.2) is 29.8 Å². The molecule has 0 bridgehead atoms. The Bertz CT molecular complexity index is 418. The minimum absolute atomic E-state index is 0.0909. The van der Waals surface area contributed by atoms with Crippen LogP contribution < -0.4 is 0 Å². The van der Waals surface area contributed by atoms with Crippen LogP contribution in [0.15, 0.2) is 22.7 Å². The molecule has 1 rings (SSSR count). The summed E-state index contributed by atoms with van der Waals surface area (Å²) in [4.78, 5) is 23.0. The van der Waals surface area contributed by atoms with Crippen LogP contribution in [0.5, 0.6) is 0 Å². The van der Waals surface area contributed by atoms with Gasteiger partial charge in [0, 0.05) is 24.6 Å². The third-order valence-electron chi connectivity index (χ3n) is 1.79. The predicted molar refractivity (Wildman–Crippen MR) is 58.8 cm³/mol. The van der Waals surface area contributed by atoms with E-state index in [1.54, 1.807) is 20.2 Å². The van der Waals surface area contributed by atoms with Crippen molar-refractivity contribution in [3.8, 4) is 0 Å². The summed E-state index contributed by atoms with van der Waals surface area (Å²) in [5.74, 6) is -0.380. The van der Waals surface area contributed by atoms with E-state index in [0.717, 1.165) is 0 Å². The van der Waals surface area contributed by atoms with Crippen molar-refractivity contribution in [2.75, 3.05) is 14.1 Å². The number of hydrogen-bond donors (Lipinski definition) is 0. The molecule has 0 aliphatic carbocycles. The van der Waals surface area contributed by atoms with Crippen molar-refractivity contribution in [3.63, 3.8) is 0 Å². The van der Waals surface area contributed by atoms with Crippen LogP contribution in [0.25, 0.3) is 0 Å². The lowest BCUT2D eigenvalue weighted by molar-refractivity contribution is -0.385. The molecular formula is C9H9BrN2O3. The predicted octanol–water partition coefficient (Wildman–Crippen LogP) is 2.06. The minimum atomic E-state index is -0.568. The van der Waals surface area contributed by atoms with E-state index in [4.69, 9.17) is 0 Å². The van der Waals surface area contributed by atoms with Gasteiger partial charge in [0.2, 0.25) is 0 Å². The number of rotatable bonds is 2. The van der Waals surface area contributed by atoms with E-state index in [9.17, 15) is 14.9 Å². The van der Waals surface area contributed by atoms with Gasteiger partial charge in [0.05, 0.1) is 4.92 Å². The van der Waals surface area contributed by atoms with Crippen LogP contribution in [-0.2, 0) is 0 Å². The Morgan fingerprint density at radius 2 is 2.07 bits per heavy atom. The van der Waals surface area contributed by atoms with Gasteiger partial charge in [0.15, 0.2) is 0 Å². The number of nitro groups is 1. The average Bonchev–Trinajstić information content (AvgIpc) is 2.16. The van der Waals surface area contributed by atoms with Crippen LogP contribution >= 0.6 is 15.9 Å². The molecule has 0 fully saturated rings. The highest BCUT2D eigenvalue weighted by Gasteiger charge is 2.21. The number of nitrogens with zero attached hydrogens (tertiary/aromatic N) is 2. The van der Waals surface area contributed by atoms with E-state index in [1.165, 1.54) is 17.0 Å². The fraction of sp³-hybridized carbons (Fsp3) is 0.222. The van der Waals surface area contributed by atoms with Gasteiger partial charge >= 0.3 is 0 Å². The zero-order valence-electron chi connectivity index (χ0n) is 8.23. The molecule has 6 heteroatoms. The Balaban J connectivity index is 3.29. The van der Waals surface area contributed by atoms with Gasteiger partial charge in [-0.15, -0.1) is 0 Å². The highest BCUT2D eigenvalue weighted by atomic mass is 79.9. The Hall–Kier alpha value is -1.43. The fourth-order valence-electron chi connectivity index (χ4n) is 1.08. The van der Waals surface area contributed by atoms with E-state index in [-0.39, 0.29) is 17.2 Å². The van der Waals surface area contributed by atoms with E-state index in [0.29, 0.717) is 4.47 Å². The topological polar surface area (TPSA) is 63.5 Å². The zero-order valence-corrected chi connectivity index (χ0v) is 9.82. The lowest BCUT2D eigenvalue weighted by Gasteiger charge is -2.10. The van der Waals surface area contributed by atoms with Crippen LogP contribution in [0.2, 0.25) is 0 Å². The van der Waals surface area contributed by atoms with Gasteiger partial charge in [-0.2, -0.15) is 0 Å². The van der Waals surface area contributed by atoms with Gasteiger partial charge in [0.25, 0.3) is 11.6 Å². The molecule has 0 N–H and O–H groups in total. The number of halogens is 1. The maximum Gasteiger partial charge on any atom is 0.283 e.